The van der Waals surface area contributed by atoms with Crippen molar-refractivity contribution in [3.8, 4) is 0 Å². The van der Waals surface area contributed by atoms with Crippen LogP contribution in [0.2, 0.25) is 0 Å². The Morgan fingerprint density at radius 1 is 0.944 bits per heavy atom. The van der Waals surface area contributed by atoms with Crippen LogP contribution in [0.1, 0.15) is 11.1 Å². The van der Waals surface area contributed by atoms with Crippen molar-refractivity contribution in [1.29, 1.82) is 0 Å². The molecule has 0 atom stereocenters. The normalized spacial score (nSPS) is 11.2. The van der Waals surface area contributed by atoms with Crippen molar-refractivity contribution >= 4 is 11.5 Å². The summed E-state index contributed by atoms with van der Waals surface area (Å²) in [5.74, 6) is 5.25. The summed E-state index contributed by atoms with van der Waals surface area (Å²) in [7, 11) is 0. The Morgan fingerprint density at radius 3 is 2.06 bits per heavy atom. The minimum Gasteiger partial charge on any atom is -0.323 e. The molecule has 2 aromatic rings. The number of benzene rings is 2. The molecule has 0 saturated heterocycles. The fraction of sp³-hybridized carbons (Fsp3) is 0.0667. The maximum absolute atomic E-state index is 12.1. The van der Waals surface area contributed by atoms with Crippen LogP contribution < -0.4 is 5.84 Å². The number of hydrogen-bond donors (Lipinski definition) is 1. The van der Waals surface area contributed by atoms with E-state index in [1.807, 2.05) is 60.7 Å². The average molecular weight is 238 g/mol. The maximum Gasteiger partial charge on any atom is 0.187 e. The summed E-state index contributed by atoms with van der Waals surface area (Å²) < 4.78 is 0. The van der Waals surface area contributed by atoms with Crippen LogP contribution in [0, 0.1) is 0 Å². The van der Waals surface area contributed by atoms with E-state index in [1.165, 1.54) is 0 Å². The van der Waals surface area contributed by atoms with E-state index < -0.39 is 0 Å². The zero-order valence-electron chi connectivity index (χ0n) is 9.91. The minimum absolute atomic E-state index is 0.0742. The van der Waals surface area contributed by atoms with Gasteiger partial charge in [0.1, 0.15) is 5.71 Å². The number of carbonyl (C=O) groups is 1. The number of ketones is 1. The lowest BCUT2D eigenvalue weighted by Gasteiger charge is -2.04. The molecule has 0 unspecified atom stereocenters. The van der Waals surface area contributed by atoms with Gasteiger partial charge >= 0.3 is 0 Å². The van der Waals surface area contributed by atoms with E-state index >= 15 is 0 Å². The Labute approximate surface area is 106 Å². The third-order valence-corrected chi connectivity index (χ3v) is 2.65. The molecule has 18 heavy (non-hydrogen) atoms. The van der Waals surface area contributed by atoms with Crippen LogP contribution in [0.15, 0.2) is 65.8 Å². The molecule has 2 rings (SSSR count). The number of nitrogens with two attached hydrogens (primary N) is 1. The van der Waals surface area contributed by atoms with Crippen molar-refractivity contribution in [2.24, 2.45) is 10.9 Å². The maximum atomic E-state index is 12.1. The van der Waals surface area contributed by atoms with Gasteiger partial charge in [-0.25, -0.2) is 0 Å². The number of nitrogens with zero attached hydrogens (tertiary/aromatic N) is 1. The molecular weight excluding hydrogens is 224 g/mol. The predicted molar refractivity (Wildman–Crippen MR) is 72.3 cm³/mol. The van der Waals surface area contributed by atoms with Crippen molar-refractivity contribution in [1.82, 2.24) is 0 Å². The molecule has 2 aromatic carbocycles. The Kier molecular flexibility index (Phi) is 3.86. The van der Waals surface area contributed by atoms with E-state index in [4.69, 9.17) is 5.84 Å². The lowest BCUT2D eigenvalue weighted by molar-refractivity contribution is -0.112. The van der Waals surface area contributed by atoms with E-state index in [-0.39, 0.29) is 5.78 Å². The van der Waals surface area contributed by atoms with Crippen molar-refractivity contribution in [2.75, 3.05) is 0 Å². The van der Waals surface area contributed by atoms with Crippen molar-refractivity contribution in [3.63, 3.8) is 0 Å². The number of rotatable bonds is 4. The summed E-state index contributed by atoms with van der Waals surface area (Å²) in [6, 6.07) is 18.8. The lowest BCUT2D eigenvalue weighted by Crippen LogP contribution is -2.19. The molecule has 0 bridgehead atoms. The molecule has 0 saturated carbocycles. The Balaban J connectivity index is 2.18. The number of hydrogen-bond acceptors (Lipinski definition) is 3. The first kappa shape index (κ1) is 12.0. The van der Waals surface area contributed by atoms with Gasteiger partial charge in [-0.1, -0.05) is 60.7 Å². The van der Waals surface area contributed by atoms with Crippen molar-refractivity contribution < 1.29 is 4.79 Å². The summed E-state index contributed by atoms with van der Waals surface area (Å²) in [5, 5.41) is 3.62. The van der Waals surface area contributed by atoms with Gasteiger partial charge in [-0.3, -0.25) is 4.79 Å². The lowest BCUT2D eigenvalue weighted by atomic mass is 10.0. The molecule has 0 radical (unpaired) electrons. The molecule has 0 amide bonds. The van der Waals surface area contributed by atoms with Crippen LogP contribution >= 0.6 is 0 Å². The second-order valence-corrected chi connectivity index (χ2v) is 3.93. The van der Waals surface area contributed by atoms with Crippen molar-refractivity contribution in [2.45, 2.75) is 6.42 Å². The van der Waals surface area contributed by atoms with E-state index in [0.29, 0.717) is 12.1 Å². The first-order valence-corrected chi connectivity index (χ1v) is 5.71. The molecule has 3 nitrogen and oxygen atoms in total. The fourth-order valence-corrected chi connectivity index (χ4v) is 1.77. The van der Waals surface area contributed by atoms with Gasteiger partial charge in [0.2, 0.25) is 0 Å². The van der Waals surface area contributed by atoms with E-state index in [9.17, 15) is 4.79 Å². The minimum atomic E-state index is -0.0742. The van der Waals surface area contributed by atoms with Crippen LogP contribution in [-0.4, -0.2) is 11.5 Å². The first-order valence-electron chi connectivity index (χ1n) is 5.71. The third kappa shape index (κ3) is 2.83. The average Bonchev–Trinajstić information content (AvgIpc) is 2.42. The number of carbonyl (C=O) groups excluding carboxylic acids is 1. The van der Waals surface area contributed by atoms with Crippen LogP contribution in [0.25, 0.3) is 0 Å². The predicted octanol–water partition coefficient (Wildman–Crippen LogP) is 2.16. The third-order valence-electron chi connectivity index (χ3n) is 2.65. The SMILES string of the molecule is N/N=C(\C(=O)Cc1ccccc1)c1ccccc1. The van der Waals surface area contributed by atoms with E-state index in [1.54, 1.807) is 0 Å². The standard InChI is InChI=1S/C15H14N2O/c16-17-15(13-9-5-2-6-10-13)14(18)11-12-7-3-1-4-8-12/h1-10H,11,16H2/b17-15-. The highest BCUT2D eigenvalue weighted by Crippen LogP contribution is 2.06. The Hall–Kier alpha value is -2.42. The van der Waals surface area contributed by atoms with Crippen LogP contribution in [0.3, 0.4) is 0 Å². The summed E-state index contributed by atoms with van der Waals surface area (Å²) in [5.41, 5.74) is 2.03. The zero-order chi connectivity index (χ0) is 12.8. The van der Waals surface area contributed by atoms with Gasteiger partial charge in [0, 0.05) is 12.0 Å². The van der Waals surface area contributed by atoms with Gasteiger partial charge in [-0.05, 0) is 5.56 Å². The van der Waals surface area contributed by atoms with Gasteiger partial charge in [-0.2, -0.15) is 5.10 Å². The van der Waals surface area contributed by atoms with Crippen LogP contribution in [0.4, 0.5) is 0 Å². The number of Topliss-reactive ketones (excluding diaryl/α,β-unsaturated/α-hetero) is 1. The van der Waals surface area contributed by atoms with E-state index in [0.717, 1.165) is 11.1 Å². The second-order valence-electron chi connectivity index (χ2n) is 3.93. The summed E-state index contributed by atoms with van der Waals surface area (Å²) in [4.78, 5) is 12.1. The molecule has 0 aliphatic heterocycles. The number of hydrazone groups is 1. The van der Waals surface area contributed by atoms with Gasteiger partial charge in [0.05, 0.1) is 0 Å². The molecule has 90 valence electrons. The highest BCUT2D eigenvalue weighted by Gasteiger charge is 2.13. The highest BCUT2D eigenvalue weighted by atomic mass is 16.1. The van der Waals surface area contributed by atoms with Gasteiger partial charge in [-0.15, -0.1) is 0 Å². The molecule has 3 heteroatoms. The quantitative estimate of drug-likeness (QED) is 0.504. The summed E-state index contributed by atoms with van der Waals surface area (Å²) in [6.45, 7) is 0. The molecule has 0 fully saturated rings. The smallest absolute Gasteiger partial charge is 0.187 e. The molecular formula is C15H14N2O. The largest absolute Gasteiger partial charge is 0.323 e. The molecule has 0 aromatic heterocycles. The second kappa shape index (κ2) is 5.77. The molecule has 0 aliphatic carbocycles. The van der Waals surface area contributed by atoms with Gasteiger partial charge in [0.15, 0.2) is 5.78 Å². The monoisotopic (exact) mass is 238 g/mol. The highest BCUT2D eigenvalue weighted by molar-refractivity contribution is 6.46. The van der Waals surface area contributed by atoms with Crippen LogP contribution in [-0.2, 0) is 11.2 Å². The fourth-order valence-electron chi connectivity index (χ4n) is 1.77. The Bertz CT molecular complexity index is 547. The summed E-state index contributed by atoms with van der Waals surface area (Å²) >= 11 is 0. The van der Waals surface area contributed by atoms with Crippen molar-refractivity contribution in [3.05, 3.63) is 71.8 Å². The molecule has 0 spiro atoms. The molecule has 0 aliphatic rings. The van der Waals surface area contributed by atoms with Gasteiger partial charge < -0.3 is 5.84 Å². The van der Waals surface area contributed by atoms with Gasteiger partial charge in [0.25, 0.3) is 0 Å². The Morgan fingerprint density at radius 2 is 1.50 bits per heavy atom. The topological polar surface area (TPSA) is 55.4 Å². The van der Waals surface area contributed by atoms with E-state index in [2.05, 4.69) is 5.10 Å². The molecule has 0 heterocycles. The summed E-state index contributed by atoms with van der Waals surface area (Å²) in [6.07, 6.45) is 0.311. The van der Waals surface area contributed by atoms with Crippen LogP contribution in [0.5, 0.6) is 0 Å². The molecule has 2 N–H and O–H groups in total. The zero-order valence-corrected chi connectivity index (χ0v) is 9.91. The first-order chi connectivity index (χ1) is 8.81.